The molecular formula is C11H14F3N3. The molecule has 0 radical (unpaired) electrons. The van der Waals surface area contributed by atoms with Crippen molar-refractivity contribution in [3.8, 4) is 0 Å². The van der Waals surface area contributed by atoms with E-state index in [0.29, 0.717) is 18.9 Å². The summed E-state index contributed by atoms with van der Waals surface area (Å²) in [6.45, 7) is 2.36. The molecule has 1 fully saturated rings. The molecule has 2 heterocycles. The maximum atomic E-state index is 12.6. The molecule has 1 saturated heterocycles. The van der Waals surface area contributed by atoms with Crippen molar-refractivity contribution in [3.63, 3.8) is 0 Å². The summed E-state index contributed by atoms with van der Waals surface area (Å²) in [4.78, 5) is 9.81. The fourth-order valence-electron chi connectivity index (χ4n) is 2.01. The molecule has 0 spiro atoms. The smallest absolute Gasteiger partial charge is 0.340 e. The summed E-state index contributed by atoms with van der Waals surface area (Å²) in [7, 11) is 0. The number of aryl methyl sites for hydroxylation is 1. The number of hydrogen-bond acceptors (Lipinski definition) is 3. The summed E-state index contributed by atoms with van der Waals surface area (Å²) >= 11 is 0. The molecule has 1 atom stereocenters. The number of halogens is 3. The second kappa shape index (κ2) is 4.50. The first-order chi connectivity index (χ1) is 7.97. The number of alkyl halides is 3. The molecule has 0 aromatic carbocycles. The largest absolute Gasteiger partial charge is 0.393 e. The van der Waals surface area contributed by atoms with Gasteiger partial charge in [0.25, 0.3) is 0 Å². The second-order valence-corrected chi connectivity index (χ2v) is 4.32. The minimum Gasteiger partial charge on any atom is -0.340 e. The van der Waals surface area contributed by atoms with Crippen LogP contribution in [0.2, 0.25) is 0 Å². The van der Waals surface area contributed by atoms with E-state index in [1.165, 1.54) is 0 Å². The van der Waals surface area contributed by atoms with Crippen LogP contribution >= 0.6 is 0 Å². The van der Waals surface area contributed by atoms with E-state index in [0.717, 1.165) is 5.69 Å². The van der Waals surface area contributed by atoms with Crippen LogP contribution < -0.4 is 4.90 Å². The number of nitrogens with zero attached hydrogens (tertiary/aromatic N) is 3. The van der Waals surface area contributed by atoms with Gasteiger partial charge in [0.15, 0.2) is 0 Å². The highest BCUT2D eigenvalue weighted by molar-refractivity contribution is 5.30. The predicted molar refractivity (Wildman–Crippen MR) is 57.8 cm³/mol. The van der Waals surface area contributed by atoms with Crippen molar-refractivity contribution in [2.24, 2.45) is 5.92 Å². The normalized spacial score (nSPS) is 21.6. The lowest BCUT2D eigenvalue weighted by molar-refractivity contribution is -0.176. The van der Waals surface area contributed by atoms with Crippen LogP contribution in [0.3, 0.4) is 0 Å². The zero-order valence-corrected chi connectivity index (χ0v) is 9.54. The summed E-state index contributed by atoms with van der Waals surface area (Å²) in [6, 6.07) is 1.73. The Kier molecular flexibility index (Phi) is 3.22. The van der Waals surface area contributed by atoms with Crippen molar-refractivity contribution in [1.29, 1.82) is 0 Å². The van der Waals surface area contributed by atoms with Crippen molar-refractivity contribution in [3.05, 3.63) is 18.0 Å². The van der Waals surface area contributed by atoms with Crippen LogP contribution in [0.4, 0.5) is 19.1 Å². The summed E-state index contributed by atoms with van der Waals surface area (Å²) < 4.78 is 37.9. The topological polar surface area (TPSA) is 29.0 Å². The SMILES string of the molecule is Cc1ccnc(N2CCCC(C(F)(F)F)C2)n1. The molecule has 1 aliphatic heterocycles. The molecule has 0 bridgehead atoms. The molecule has 0 N–H and O–H groups in total. The highest BCUT2D eigenvalue weighted by Crippen LogP contribution is 2.33. The number of piperidine rings is 1. The molecule has 0 amide bonds. The van der Waals surface area contributed by atoms with Gasteiger partial charge in [-0.15, -0.1) is 0 Å². The Balaban J connectivity index is 2.12. The van der Waals surface area contributed by atoms with E-state index >= 15 is 0 Å². The van der Waals surface area contributed by atoms with Crippen molar-refractivity contribution >= 4 is 5.95 Å². The quantitative estimate of drug-likeness (QED) is 0.761. The van der Waals surface area contributed by atoms with E-state index in [4.69, 9.17) is 0 Å². The van der Waals surface area contributed by atoms with Crippen LogP contribution in [-0.4, -0.2) is 29.2 Å². The third kappa shape index (κ3) is 2.87. The Bertz CT molecular complexity index is 392. The highest BCUT2D eigenvalue weighted by Gasteiger charge is 2.42. The fraction of sp³-hybridized carbons (Fsp3) is 0.636. The zero-order chi connectivity index (χ0) is 12.5. The molecule has 94 valence electrons. The van der Waals surface area contributed by atoms with Crippen molar-refractivity contribution in [2.75, 3.05) is 18.0 Å². The first-order valence-corrected chi connectivity index (χ1v) is 5.58. The van der Waals surface area contributed by atoms with Gasteiger partial charge in [-0.05, 0) is 25.8 Å². The van der Waals surface area contributed by atoms with Gasteiger partial charge in [-0.25, -0.2) is 9.97 Å². The summed E-state index contributed by atoms with van der Waals surface area (Å²) in [5.74, 6) is -0.862. The molecule has 17 heavy (non-hydrogen) atoms. The summed E-state index contributed by atoms with van der Waals surface area (Å²) in [5, 5.41) is 0. The first kappa shape index (κ1) is 12.1. The molecule has 6 heteroatoms. The van der Waals surface area contributed by atoms with Gasteiger partial charge in [0.05, 0.1) is 5.92 Å². The standard InChI is InChI=1S/C11H14F3N3/c1-8-4-5-15-10(16-8)17-6-2-3-9(7-17)11(12,13)14/h4-5,9H,2-3,6-7H2,1H3. The van der Waals surface area contributed by atoms with Crippen molar-refractivity contribution in [2.45, 2.75) is 25.9 Å². The van der Waals surface area contributed by atoms with E-state index in [1.807, 2.05) is 0 Å². The number of aromatic nitrogens is 2. The molecule has 0 aliphatic carbocycles. The molecule has 3 nitrogen and oxygen atoms in total. The Morgan fingerprint density at radius 3 is 2.82 bits per heavy atom. The molecule has 1 aromatic rings. The van der Waals surface area contributed by atoms with Gasteiger partial charge >= 0.3 is 6.18 Å². The molecular weight excluding hydrogens is 231 g/mol. The maximum Gasteiger partial charge on any atom is 0.393 e. The highest BCUT2D eigenvalue weighted by atomic mass is 19.4. The lowest BCUT2D eigenvalue weighted by Crippen LogP contribution is -2.42. The van der Waals surface area contributed by atoms with Crippen molar-refractivity contribution in [1.82, 2.24) is 9.97 Å². The van der Waals surface area contributed by atoms with E-state index in [9.17, 15) is 13.2 Å². The fourth-order valence-corrected chi connectivity index (χ4v) is 2.01. The molecule has 1 aliphatic rings. The van der Waals surface area contributed by atoms with Crippen LogP contribution in [0.15, 0.2) is 12.3 Å². The Morgan fingerprint density at radius 1 is 1.41 bits per heavy atom. The van der Waals surface area contributed by atoms with Crippen LogP contribution in [-0.2, 0) is 0 Å². The number of anilines is 1. The molecule has 0 saturated carbocycles. The van der Waals surface area contributed by atoms with Crippen LogP contribution in [0.25, 0.3) is 0 Å². The van der Waals surface area contributed by atoms with Gasteiger partial charge in [-0.3, -0.25) is 0 Å². The van der Waals surface area contributed by atoms with E-state index in [2.05, 4.69) is 9.97 Å². The van der Waals surface area contributed by atoms with Crippen LogP contribution in [0.1, 0.15) is 18.5 Å². The second-order valence-electron chi connectivity index (χ2n) is 4.32. The van der Waals surface area contributed by atoms with Crippen LogP contribution in [0, 0.1) is 12.8 Å². The summed E-state index contributed by atoms with van der Waals surface area (Å²) in [5.41, 5.74) is 0.768. The van der Waals surface area contributed by atoms with Gasteiger partial charge in [-0.2, -0.15) is 13.2 Å². The molecule has 1 unspecified atom stereocenters. The minimum absolute atomic E-state index is 0.0348. The number of hydrogen-bond donors (Lipinski definition) is 0. The van der Waals surface area contributed by atoms with Gasteiger partial charge in [-0.1, -0.05) is 0 Å². The summed E-state index contributed by atoms with van der Waals surface area (Å²) in [6.07, 6.45) is -1.81. The zero-order valence-electron chi connectivity index (χ0n) is 9.54. The average molecular weight is 245 g/mol. The number of rotatable bonds is 1. The molecule has 2 rings (SSSR count). The maximum absolute atomic E-state index is 12.6. The average Bonchev–Trinajstić information content (AvgIpc) is 2.28. The Morgan fingerprint density at radius 2 is 2.18 bits per heavy atom. The van der Waals surface area contributed by atoms with Gasteiger partial charge in [0.2, 0.25) is 5.95 Å². The third-order valence-electron chi connectivity index (χ3n) is 2.95. The predicted octanol–water partition coefficient (Wildman–Crippen LogP) is 2.56. The minimum atomic E-state index is -4.12. The van der Waals surface area contributed by atoms with E-state index in [-0.39, 0.29) is 13.0 Å². The monoisotopic (exact) mass is 245 g/mol. The third-order valence-corrected chi connectivity index (χ3v) is 2.95. The van der Waals surface area contributed by atoms with Gasteiger partial charge in [0, 0.05) is 25.0 Å². The van der Waals surface area contributed by atoms with Gasteiger partial charge in [0.1, 0.15) is 0 Å². The molecule has 1 aromatic heterocycles. The van der Waals surface area contributed by atoms with Crippen LogP contribution in [0.5, 0.6) is 0 Å². The van der Waals surface area contributed by atoms with Gasteiger partial charge < -0.3 is 4.90 Å². The van der Waals surface area contributed by atoms with Crippen molar-refractivity contribution < 1.29 is 13.2 Å². The first-order valence-electron chi connectivity index (χ1n) is 5.58. The van der Waals surface area contributed by atoms with E-state index < -0.39 is 12.1 Å². The Labute approximate surface area is 97.7 Å². The van der Waals surface area contributed by atoms with E-state index in [1.54, 1.807) is 24.1 Å². The lowest BCUT2D eigenvalue weighted by atomic mass is 9.98. The lowest BCUT2D eigenvalue weighted by Gasteiger charge is -2.33. The Hall–Kier alpha value is -1.33.